The zero-order valence-electron chi connectivity index (χ0n) is 9.27. The lowest BCUT2D eigenvalue weighted by atomic mass is 9.90. The van der Waals surface area contributed by atoms with Crippen LogP contribution in [0.25, 0.3) is 0 Å². The quantitative estimate of drug-likeness (QED) is 0.596. The van der Waals surface area contributed by atoms with Crippen molar-refractivity contribution in [1.29, 1.82) is 0 Å². The van der Waals surface area contributed by atoms with E-state index in [1.54, 1.807) is 0 Å². The molecule has 0 heterocycles. The van der Waals surface area contributed by atoms with E-state index in [1.807, 2.05) is 7.05 Å². The Balaban J connectivity index is 3.93. The van der Waals surface area contributed by atoms with Gasteiger partial charge in [-0.25, -0.2) is 0 Å². The van der Waals surface area contributed by atoms with Crippen molar-refractivity contribution in [2.45, 2.75) is 52.0 Å². The van der Waals surface area contributed by atoms with E-state index >= 15 is 0 Å². The van der Waals surface area contributed by atoms with Crippen LogP contribution in [0.1, 0.15) is 46.0 Å². The molecule has 0 aliphatic rings. The number of unbranched alkanes of at least 4 members (excludes halogenated alkanes) is 1. The minimum Gasteiger partial charge on any atom is -0.316 e. The first-order valence-corrected chi connectivity index (χ1v) is 5.40. The van der Waals surface area contributed by atoms with Gasteiger partial charge in [-0.3, -0.25) is 0 Å². The molecule has 0 spiro atoms. The van der Waals surface area contributed by atoms with Crippen molar-refractivity contribution >= 4 is 0 Å². The standard InChI is InChI=1S/C12H23N/c1-5-8-10-11(7-3)12(13-4)9-6-2/h2,11-13H,5,7-10H2,1,3-4H3. The maximum atomic E-state index is 5.34. The summed E-state index contributed by atoms with van der Waals surface area (Å²) >= 11 is 0. The number of nitrogens with one attached hydrogen (secondary N) is 1. The van der Waals surface area contributed by atoms with Gasteiger partial charge in [0.05, 0.1) is 0 Å². The molecule has 2 atom stereocenters. The van der Waals surface area contributed by atoms with Crippen molar-refractivity contribution in [3.63, 3.8) is 0 Å². The van der Waals surface area contributed by atoms with Crippen LogP contribution in [-0.2, 0) is 0 Å². The Labute approximate surface area is 83.3 Å². The van der Waals surface area contributed by atoms with Gasteiger partial charge in [-0.05, 0) is 19.4 Å². The van der Waals surface area contributed by atoms with E-state index in [4.69, 9.17) is 6.42 Å². The monoisotopic (exact) mass is 181 g/mol. The first-order chi connectivity index (χ1) is 6.29. The number of hydrogen-bond donors (Lipinski definition) is 1. The fraction of sp³-hybridized carbons (Fsp3) is 0.833. The predicted octanol–water partition coefficient (Wildman–Crippen LogP) is 2.81. The van der Waals surface area contributed by atoms with Gasteiger partial charge in [-0.2, -0.15) is 0 Å². The van der Waals surface area contributed by atoms with Crippen molar-refractivity contribution in [3.05, 3.63) is 0 Å². The van der Waals surface area contributed by atoms with Crippen LogP contribution in [0.15, 0.2) is 0 Å². The largest absolute Gasteiger partial charge is 0.316 e. The van der Waals surface area contributed by atoms with E-state index in [9.17, 15) is 0 Å². The molecule has 1 N–H and O–H groups in total. The molecular formula is C12H23N. The molecule has 1 nitrogen and oxygen atoms in total. The lowest BCUT2D eigenvalue weighted by Gasteiger charge is -2.24. The number of terminal acetylenes is 1. The summed E-state index contributed by atoms with van der Waals surface area (Å²) in [4.78, 5) is 0. The van der Waals surface area contributed by atoms with Crippen LogP contribution in [0.5, 0.6) is 0 Å². The summed E-state index contributed by atoms with van der Waals surface area (Å²) < 4.78 is 0. The van der Waals surface area contributed by atoms with Gasteiger partial charge in [0.25, 0.3) is 0 Å². The van der Waals surface area contributed by atoms with E-state index < -0.39 is 0 Å². The Hall–Kier alpha value is -0.480. The molecule has 0 aliphatic carbocycles. The Morgan fingerprint density at radius 2 is 2.08 bits per heavy atom. The van der Waals surface area contributed by atoms with Crippen molar-refractivity contribution < 1.29 is 0 Å². The molecule has 13 heavy (non-hydrogen) atoms. The molecule has 2 unspecified atom stereocenters. The lowest BCUT2D eigenvalue weighted by Crippen LogP contribution is -2.32. The predicted molar refractivity (Wildman–Crippen MR) is 59.6 cm³/mol. The molecule has 0 aromatic heterocycles. The molecule has 0 radical (unpaired) electrons. The average Bonchev–Trinajstić information content (AvgIpc) is 2.17. The molecular weight excluding hydrogens is 158 g/mol. The Morgan fingerprint density at radius 1 is 1.38 bits per heavy atom. The molecule has 0 aliphatic heterocycles. The van der Waals surface area contributed by atoms with Crippen LogP contribution in [0, 0.1) is 18.3 Å². The van der Waals surface area contributed by atoms with E-state index in [0.29, 0.717) is 6.04 Å². The molecule has 0 bridgehead atoms. The van der Waals surface area contributed by atoms with Gasteiger partial charge in [-0.1, -0.05) is 33.1 Å². The van der Waals surface area contributed by atoms with Gasteiger partial charge in [0.2, 0.25) is 0 Å². The maximum absolute atomic E-state index is 5.34. The van der Waals surface area contributed by atoms with Gasteiger partial charge in [0.15, 0.2) is 0 Å². The highest BCUT2D eigenvalue weighted by molar-refractivity contribution is 4.91. The summed E-state index contributed by atoms with van der Waals surface area (Å²) in [6.45, 7) is 4.49. The fourth-order valence-electron chi connectivity index (χ4n) is 1.79. The smallest absolute Gasteiger partial charge is 0.0243 e. The summed E-state index contributed by atoms with van der Waals surface area (Å²) in [5, 5.41) is 3.32. The van der Waals surface area contributed by atoms with E-state index in [2.05, 4.69) is 25.1 Å². The van der Waals surface area contributed by atoms with Gasteiger partial charge in [0.1, 0.15) is 0 Å². The third-order valence-corrected chi connectivity index (χ3v) is 2.73. The highest BCUT2D eigenvalue weighted by Crippen LogP contribution is 2.18. The molecule has 0 aromatic rings. The second kappa shape index (κ2) is 8.13. The van der Waals surface area contributed by atoms with Gasteiger partial charge in [0, 0.05) is 12.5 Å². The van der Waals surface area contributed by atoms with Crippen LogP contribution < -0.4 is 5.32 Å². The first-order valence-electron chi connectivity index (χ1n) is 5.40. The maximum Gasteiger partial charge on any atom is 0.0243 e. The zero-order valence-corrected chi connectivity index (χ0v) is 9.27. The lowest BCUT2D eigenvalue weighted by molar-refractivity contribution is 0.336. The fourth-order valence-corrected chi connectivity index (χ4v) is 1.79. The van der Waals surface area contributed by atoms with E-state index in [0.717, 1.165) is 12.3 Å². The van der Waals surface area contributed by atoms with Crippen molar-refractivity contribution in [2.24, 2.45) is 5.92 Å². The summed E-state index contributed by atoms with van der Waals surface area (Å²) in [6.07, 6.45) is 11.3. The van der Waals surface area contributed by atoms with E-state index in [-0.39, 0.29) is 0 Å². The topological polar surface area (TPSA) is 12.0 Å². The van der Waals surface area contributed by atoms with Gasteiger partial charge in [-0.15, -0.1) is 12.3 Å². The summed E-state index contributed by atoms with van der Waals surface area (Å²) in [6, 6.07) is 0.515. The number of hydrogen-bond acceptors (Lipinski definition) is 1. The second-order valence-corrected chi connectivity index (χ2v) is 3.61. The highest BCUT2D eigenvalue weighted by atomic mass is 14.9. The van der Waals surface area contributed by atoms with Crippen molar-refractivity contribution in [2.75, 3.05) is 7.05 Å². The Bertz CT molecular complexity index is 146. The molecule has 0 fully saturated rings. The van der Waals surface area contributed by atoms with Crippen LogP contribution in [0.2, 0.25) is 0 Å². The van der Waals surface area contributed by atoms with Crippen LogP contribution in [0.4, 0.5) is 0 Å². The van der Waals surface area contributed by atoms with Crippen molar-refractivity contribution in [1.82, 2.24) is 5.32 Å². The molecule has 76 valence electrons. The summed E-state index contributed by atoms with van der Waals surface area (Å²) in [7, 11) is 2.01. The van der Waals surface area contributed by atoms with Crippen LogP contribution in [0.3, 0.4) is 0 Å². The molecule has 0 aromatic carbocycles. The van der Waals surface area contributed by atoms with E-state index in [1.165, 1.54) is 25.7 Å². The molecule has 1 heteroatoms. The minimum absolute atomic E-state index is 0.515. The molecule has 0 saturated heterocycles. The minimum atomic E-state index is 0.515. The van der Waals surface area contributed by atoms with Gasteiger partial charge < -0.3 is 5.32 Å². The van der Waals surface area contributed by atoms with Gasteiger partial charge >= 0.3 is 0 Å². The number of rotatable bonds is 7. The van der Waals surface area contributed by atoms with Crippen LogP contribution >= 0.6 is 0 Å². The summed E-state index contributed by atoms with van der Waals surface area (Å²) in [5.74, 6) is 3.50. The SMILES string of the molecule is C#CCC(NC)C(CC)CCCC. The second-order valence-electron chi connectivity index (χ2n) is 3.61. The first kappa shape index (κ1) is 12.5. The Morgan fingerprint density at radius 3 is 2.46 bits per heavy atom. The Kier molecular flexibility index (Phi) is 7.83. The third-order valence-electron chi connectivity index (χ3n) is 2.73. The van der Waals surface area contributed by atoms with Crippen molar-refractivity contribution in [3.8, 4) is 12.3 Å². The van der Waals surface area contributed by atoms with Crippen LogP contribution in [-0.4, -0.2) is 13.1 Å². The third kappa shape index (κ3) is 4.95. The molecule has 0 saturated carbocycles. The average molecular weight is 181 g/mol. The molecule has 0 rings (SSSR count). The molecule has 0 amide bonds. The summed E-state index contributed by atoms with van der Waals surface area (Å²) in [5.41, 5.74) is 0. The highest BCUT2D eigenvalue weighted by Gasteiger charge is 2.16. The normalized spacial score (nSPS) is 14.9. The zero-order chi connectivity index (χ0) is 10.1.